The van der Waals surface area contributed by atoms with E-state index in [0.717, 1.165) is 12.8 Å². The lowest BCUT2D eigenvalue weighted by Crippen LogP contribution is -2.46. The lowest BCUT2D eigenvalue weighted by atomic mass is 10.0. The standard InChI is InChI=1S/C12H20N2O4/c1-3-18-12(17)7(2)6-9(10(13)15)14-11(16)8-4-5-8/h7-9H,3-6H2,1-2H3,(H2,13,15)(H,14,16)/t7-,9+/m1/s1. The molecule has 0 aromatic rings. The van der Waals surface area contributed by atoms with Gasteiger partial charge in [0.2, 0.25) is 11.8 Å². The maximum atomic E-state index is 11.6. The third-order valence-corrected chi connectivity index (χ3v) is 2.89. The van der Waals surface area contributed by atoms with Crippen LogP contribution in [0.25, 0.3) is 0 Å². The Balaban J connectivity index is 2.48. The summed E-state index contributed by atoms with van der Waals surface area (Å²) in [5, 5.41) is 2.59. The van der Waals surface area contributed by atoms with Gasteiger partial charge in [-0.2, -0.15) is 0 Å². The van der Waals surface area contributed by atoms with E-state index in [0.29, 0.717) is 6.61 Å². The van der Waals surface area contributed by atoms with Gasteiger partial charge < -0.3 is 15.8 Å². The molecule has 2 atom stereocenters. The average molecular weight is 256 g/mol. The Morgan fingerprint density at radius 1 is 1.39 bits per heavy atom. The first-order chi connectivity index (χ1) is 8.45. The Kier molecular flexibility index (Phi) is 5.12. The molecule has 0 spiro atoms. The van der Waals surface area contributed by atoms with Crippen LogP contribution in [0.1, 0.15) is 33.1 Å². The van der Waals surface area contributed by atoms with E-state index in [1.165, 1.54) is 0 Å². The van der Waals surface area contributed by atoms with E-state index >= 15 is 0 Å². The number of amides is 2. The molecule has 0 aromatic carbocycles. The molecule has 0 saturated heterocycles. The maximum Gasteiger partial charge on any atom is 0.308 e. The second kappa shape index (κ2) is 6.37. The predicted molar refractivity (Wildman–Crippen MR) is 64.3 cm³/mol. The van der Waals surface area contributed by atoms with Crippen LogP contribution >= 0.6 is 0 Å². The highest BCUT2D eigenvalue weighted by Gasteiger charge is 2.33. The molecule has 1 fully saturated rings. The number of carbonyl (C=O) groups excluding carboxylic acids is 3. The normalized spacial score (nSPS) is 17.7. The fourth-order valence-electron chi connectivity index (χ4n) is 1.62. The summed E-state index contributed by atoms with van der Waals surface area (Å²) in [6.45, 7) is 3.65. The summed E-state index contributed by atoms with van der Waals surface area (Å²) in [6, 6.07) is -0.808. The van der Waals surface area contributed by atoms with Gasteiger partial charge in [0.15, 0.2) is 0 Å². The van der Waals surface area contributed by atoms with Crippen LogP contribution in [0.2, 0.25) is 0 Å². The van der Waals surface area contributed by atoms with Crippen LogP contribution in [0.3, 0.4) is 0 Å². The van der Waals surface area contributed by atoms with Crippen molar-refractivity contribution in [2.45, 2.75) is 39.2 Å². The van der Waals surface area contributed by atoms with Crippen molar-refractivity contribution in [3.05, 3.63) is 0 Å². The first kappa shape index (κ1) is 14.5. The van der Waals surface area contributed by atoms with E-state index < -0.39 is 17.9 Å². The van der Waals surface area contributed by atoms with Crippen LogP contribution < -0.4 is 11.1 Å². The van der Waals surface area contributed by atoms with Crippen molar-refractivity contribution in [1.29, 1.82) is 0 Å². The zero-order valence-corrected chi connectivity index (χ0v) is 10.8. The molecular weight excluding hydrogens is 236 g/mol. The minimum absolute atomic E-state index is 0.00440. The molecular formula is C12H20N2O4. The van der Waals surface area contributed by atoms with Crippen LogP contribution in [0.4, 0.5) is 0 Å². The van der Waals surface area contributed by atoms with Crippen molar-refractivity contribution < 1.29 is 19.1 Å². The first-order valence-electron chi connectivity index (χ1n) is 6.22. The van der Waals surface area contributed by atoms with Crippen molar-refractivity contribution in [3.63, 3.8) is 0 Å². The summed E-state index contributed by atoms with van der Waals surface area (Å²) < 4.78 is 4.85. The van der Waals surface area contributed by atoms with Crippen molar-refractivity contribution in [3.8, 4) is 0 Å². The Hall–Kier alpha value is -1.59. The molecule has 0 bridgehead atoms. The number of ether oxygens (including phenoxy) is 1. The molecule has 1 aliphatic rings. The molecule has 2 amide bonds. The molecule has 0 aliphatic heterocycles. The Bertz CT molecular complexity index is 339. The van der Waals surface area contributed by atoms with Crippen LogP contribution in [-0.4, -0.2) is 30.4 Å². The average Bonchev–Trinajstić information content (AvgIpc) is 3.11. The smallest absolute Gasteiger partial charge is 0.308 e. The second-order valence-corrected chi connectivity index (χ2v) is 4.63. The Morgan fingerprint density at radius 2 is 2.00 bits per heavy atom. The molecule has 18 heavy (non-hydrogen) atoms. The summed E-state index contributed by atoms with van der Waals surface area (Å²) >= 11 is 0. The van der Waals surface area contributed by atoms with Gasteiger partial charge in [-0.1, -0.05) is 6.92 Å². The summed E-state index contributed by atoms with van der Waals surface area (Å²) in [5.41, 5.74) is 5.22. The van der Waals surface area contributed by atoms with Gasteiger partial charge in [0.25, 0.3) is 0 Å². The van der Waals surface area contributed by atoms with Gasteiger partial charge in [-0.25, -0.2) is 0 Å². The molecule has 0 radical (unpaired) electrons. The minimum Gasteiger partial charge on any atom is -0.466 e. The van der Waals surface area contributed by atoms with E-state index in [-0.39, 0.29) is 24.2 Å². The first-order valence-corrected chi connectivity index (χ1v) is 6.22. The molecule has 6 heteroatoms. The van der Waals surface area contributed by atoms with Crippen LogP contribution in [0.15, 0.2) is 0 Å². The number of carbonyl (C=O) groups is 3. The molecule has 1 saturated carbocycles. The van der Waals surface area contributed by atoms with E-state index in [2.05, 4.69) is 5.32 Å². The van der Waals surface area contributed by atoms with Crippen LogP contribution in [0.5, 0.6) is 0 Å². The topological polar surface area (TPSA) is 98.5 Å². The lowest BCUT2D eigenvalue weighted by Gasteiger charge is -2.18. The third-order valence-electron chi connectivity index (χ3n) is 2.89. The van der Waals surface area contributed by atoms with Crippen molar-refractivity contribution >= 4 is 17.8 Å². The lowest BCUT2D eigenvalue weighted by molar-refractivity contribution is -0.148. The summed E-state index contributed by atoms with van der Waals surface area (Å²) in [5.74, 6) is -1.63. The third kappa shape index (κ3) is 4.35. The Labute approximate surface area is 106 Å². The van der Waals surface area contributed by atoms with Gasteiger partial charge in [-0.05, 0) is 26.2 Å². The highest BCUT2D eigenvalue weighted by molar-refractivity contribution is 5.89. The van der Waals surface area contributed by atoms with E-state index in [1.807, 2.05) is 0 Å². The number of rotatable bonds is 7. The molecule has 0 unspecified atom stereocenters. The fourth-order valence-corrected chi connectivity index (χ4v) is 1.62. The maximum absolute atomic E-state index is 11.6. The minimum atomic E-state index is -0.808. The number of nitrogens with one attached hydrogen (secondary N) is 1. The monoisotopic (exact) mass is 256 g/mol. The van der Waals surface area contributed by atoms with Gasteiger partial charge in [0.1, 0.15) is 6.04 Å². The molecule has 1 rings (SSSR count). The predicted octanol–water partition coefficient (Wildman–Crippen LogP) is -0.0442. The quantitative estimate of drug-likeness (QED) is 0.624. The van der Waals surface area contributed by atoms with Gasteiger partial charge in [0.05, 0.1) is 12.5 Å². The largest absolute Gasteiger partial charge is 0.466 e. The molecule has 0 heterocycles. The number of hydrogen-bond acceptors (Lipinski definition) is 4. The van der Waals surface area contributed by atoms with Gasteiger partial charge in [0, 0.05) is 5.92 Å². The summed E-state index contributed by atoms with van der Waals surface area (Å²) in [6.07, 6.45) is 1.88. The Morgan fingerprint density at radius 3 is 2.44 bits per heavy atom. The summed E-state index contributed by atoms with van der Waals surface area (Å²) in [7, 11) is 0. The van der Waals surface area contributed by atoms with E-state index in [1.54, 1.807) is 13.8 Å². The van der Waals surface area contributed by atoms with Gasteiger partial charge in [-0.15, -0.1) is 0 Å². The van der Waals surface area contributed by atoms with Crippen molar-refractivity contribution in [1.82, 2.24) is 5.32 Å². The van der Waals surface area contributed by atoms with Crippen molar-refractivity contribution in [2.24, 2.45) is 17.6 Å². The van der Waals surface area contributed by atoms with Gasteiger partial charge in [-0.3, -0.25) is 14.4 Å². The number of esters is 1. The molecule has 6 nitrogen and oxygen atoms in total. The molecule has 0 aromatic heterocycles. The van der Waals surface area contributed by atoms with E-state index in [4.69, 9.17) is 10.5 Å². The SMILES string of the molecule is CCOC(=O)[C@H](C)C[C@H](NC(=O)C1CC1)C(N)=O. The second-order valence-electron chi connectivity index (χ2n) is 4.63. The zero-order valence-electron chi connectivity index (χ0n) is 10.8. The number of primary amides is 1. The zero-order chi connectivity index (χ0) is 13.7. The highest BCUT2D eigenvalue weighted by Crippen LogP contribution is 2.29. The molecule has 3 N–H and O–H groups in total. The molecule has 1 aliphatic carbocycles. The van der Waals surface area contributed by atoms with Gasteiger partial charge >= 0.3 is 5.97 Å². The van der Waals surface area contributed by atoms with Crippen LogP contribution in [-0.2, 0) is 19.1 Å². The fraction of sp³-hybridized carbons (Fsp3) is 0.750. The summed E-state index contributed by atoms with van der Waals surface area (Å²) in [4.78, 5) is 34.3. The van der Waals surface area contributed by atoms with Crippen LogP contribution in [0, 0.1) is 11.8 Å². The number of hydrogen-bond donors (Lipinski definition) is 2. The van der Waals surface area contributed by atoms with Crippen molar-refractivity contribution in [2.75, 3.05) is 6.61 Å². The molecule has 102 valence electrons. The highest BCUT2D eigenvalue weighted by atomic mass is 16.5. The van der Waals surface area contributed by atoms with E-state index in [9.17, 15) is 14.4 Å². The number of nitrogens with two attached hydrogens (primary N) is 1.